The number of hydrazine groups is 1. The third kappa shape index (κ3) is 3.25. The van der Waals surface area contributed by atoms with Crippen molar-refractivity contribution in [3.8, 4) is 0 Å². The summed E-state index contributed by atoms with van der Waals surface area (Å²) in [5, 5.41) is 6.27. The van der Waals surface area contributed by atoms with E-state index in [2.05, 4.69) is 36.7 Å². The van der Waals surface area contributed by atoms with Crippen LogP contribution in [0.25, 0.3) is 0 Å². The summed E-state index contributed by atoms with van der Waals surface area (Å²) in [6.07, 6.45) is 5.71. The molecule has 4 heteroatoms. The van der Waals surface area contributed by atoms with Crippen molar-refractivity contribution in [2.45, 2.75) is 51.6 Å². The van der Waals surface area contributed by atoms with Crippen molar-refractivity contribution >= 4 is 23.0 Å². The number of benzene rings is 1. The van der Waals surface area contributed by atoms with Crippen molar-refractivity contribution in [3.63, 3.8) is 0 Å². The van der Waals surface area contributed by atoms with E-state index in [-0.39, 0.29) is 5.66 Å². The SMILES string of the molecule is CCCC[C@@]1(CCC)NC(=S)N(c2ccccc2)N1. The summed E-state index contributed by atoms with van der Waals surface area (Å²) in [6.45, 7) is 4.44. The molecule has 0 bridgehead atoms. The number of hydrogen-bond acceptors (Lipinski definition) is 2. The van der Waals surface area contributed by atoms with Gasteiger partial charge in [0.1, 0.15) is 5.66 Å². The normalized spacial score (nSPS) is 22.6. The lowest BCUT2D eigenvalue weighted by Crippen LogP contribution is -2.51. The standard InChI is InChI=1S/C15H23N3S/c1-3-5-12-15(11-4-2)16-14(19)18(17-15)13-9-7-6-8-10-13/h6-10,17H,3-5,11-12H2,1-2H3,(H,16,19)/t15-/m0/s1. The van der Waals surface area contributed by atoms with Crippen LogP contribution in [0, 0.1) is 0 Å². The largest absolute Gasteiger partial charge is 0.342 e. The van der Waals surface area contributed by atoms with Gasteiger partial charge < -0.3 is 5.32 Å². The zero-order valence-corrected chi connectivity index (χ0v) is 12.6. The van der Waals surface area contributed by atoms with Gasteiger partial charge in [-0.25, -0.2) is 5.43 Å². The molecule has 0 radical (unpaired) electrons. The van der Waals surface area contributed by atoms with Gasteiger partial charge in [0.05, 0.1) is 5.69 Å². The zero-order valence-electron chi connectivity index (χ0n) is 11.8. The fourth-order valence-electron chi connectivity index (χ4n) is 2.58. The number of nitrogens with zero attached hydrogens (tertiary/aromatic N) is 1. The first kappa shape index (κ1) is 14.3. The quantitative estimate of drug-likeness (QED) is 0.777. The Morgan fingerprint density at radius 2 is 1.84 bits per heavy atom. The molecule has 104 valence electrons. The average molecular weight is 277 g/mol. The summed E-state index contributed by atoms with van der Waals surface area (Å²) < 4.78 is 0. The van der Waals surface area contributed by atoms with Gasteiger partial charge in [0.15, 0.2) is 5.11 Å². The molecule has 0 aliphatic carbocycles. The minimum absolute atomic E-state index is 0.0717. The molecule has 1 aliphatic rings. The molecule has 0 unspecified atom stereocenters. The number of para-hydroxylation sites is 1. The van der Waals surface area contributed by atoms with Gasteiger partial charge >= 0.3 is 0 Å². The maximum Gasteiger partial charge on any atom is 0.189 e. The maximum absolute atomic E-state index is 5.49. The Balaban J connectivity index is 2.15. The third-order valence-electron chi connectivity index (χ3n) is 3.52. The lowest BCUT2D eigenvalue weighted by atomic mass is 9.98. The van der Waals surface area contributed by atoms with Gasteiger partial charge in [0, 0.05) is 0 Å². The number of nitrogens with one attached hydrogen (secondary N) is 2. The van der Waals surface area contributed by atoms with E-state index in [0.717, 1.165) is 30.1 Å². The van der Waals surface area contributed by atoms with Gasteiger partial charge in [-0.3, -0.25) is 5.01 Å². The van der Waals surface area contributed by atoms with Crippen LogP contribution in [0.2, 0.25) is 0 Å². The number of thiocarbonyl (C=S) groups is 1. The highest BCUT2D eigenvalue weighted by Crippen LogP contribution is 2.26. The number of unbranched alkanes of at least 4 members (excludes halogenated alkanes) is 1. The number of anilines is 1. The minimum atomic E-state index is -0.0717. The number of hydrogen-bond donors (Lipinski definition) is 2. The Morgan fingerprint density at radius 3 is 2.47 bits per heavy atom. The van der Waals surface area contributed by atoms with Crippen molar-refractivity contribution in [1.29, 1.82) is 0 Å². The molecule has 0 amide bonds. The second kappa shape index (κ2) is 6.35. The molecular weight excluding hydrogens is 254 g/mol. The van der Waals surface area contributed by atoms with E-state index in [1.54, 1.807) is 0 Å². The molecule has 3 nitrogen and oxygen atoms in total. The Kier molecular flexibility index (Phi) is 4.77. The van der Waals surface area contributed by atoms with Crippen LogP contribution in [-0.4, -0.2) is 10.8 Å². The molecule has 1 aromatic carbocycles. The Labute approximate surface area is 121 Å². The van der Waals surface area contributed by atoms with E-state index in [4.69, 9.17) is 12.2 Å². The highest BCUT2D eigenvalue weighted by molar-refractivity contribution is 7.80. The first-order chi connectivity index (χ1) is 9.21. The lowest BCUT2D eigenvalue weighted by Gasteiger charge is -2.29. The molecule has 2 N–H and O–H groups in total. The molecular formula is C15H23N3S. The van der Waals surface area contributed by atoms with Crippen LogP contribution in [0.4, 0.5) is 5.69 Å². The van der Waals surface area contributed by atoms with Crippen molar-refractivity contribution in [1.82, 2.24) is 10.7 Å². The van der Waals surface area contributed by atoms with Gasteiger partial charge in [-0.15, -0.1) is 0 Å². The predicted molar refractivity (Wildman–Crippen MR) is 85.0 cm³/mol. The second-order valence-corrected chi connectivity index (χ2v) is 5.54. The maximum atomic E-state index is 5.49. The molecule has 1 atom stereocenters. The molecule has 1 heterocycles. The fourth-order valence-corrected chi connectivity index (χ4v) is 2.93. The zero-order chi connectivity index (χ0) is 13.7. The summed E-state index contributed by atoms with van der Waals surface area (Å²) >= 11 is 5.49. The second-order valence-electron chi connectivity index (χ2n) is 5.15. The highest BCUT2D eigenvalue weighted by atomic mass is 32.1. The molecule has 1 fully saturated rings. The predicted octanol–water partition coefficient (Wildman–Crippen LogP) is 3.57. The summed E-state index contributed by atoms with van der Waals surface area (Å²) in [4.78, 5) is 0. The molecule has 1 aromatic rings. The monoisotopic (exact) mass is 277 g/mol. The molecule has 0 saturated carbocycles. The van der Waals surface area contributed by atoms with Gasteiger partial charge in [-0.1, -0.05) is 44.9 Å². The first-order valence-corrected chi connectivity index (χ1v) is 7.57. The topological polar surface area (TPSA) is 27.3 Å². The van der Waals surface area contributed by atoms with Crippen LogP contribution < -0.4 is 15.8 Å². The van der Waals surface area contributed by atoms with E-state index in [1.807, 2.05) is 23.2 Å². The summed E-state index contributed by atoms with van der Waals surface area (Å²) in [6, 6.07) is 10.2. The smallest absolute Gasteiger partial charge is 0.189 e. The van der Waals surface area contributed by atoms with Crippen molar-refractivity contribution in [2.75, 3.05) is 5.01 Å². The third-order valence-corrected chi connectivity index (χ3v) is 3.81. The van der Waals surface area contributed by atoms with Gasteiger partial charge in [-0.2, -0.15) is 0 Å². The Morgan fingerprint density at radius 1 is 1.11 bits per heavy atom. The molecule has 0 spiro atoms. The van der Waals surface area contributed by atoms with Crippen molar-refractivity contribution in [2.24, 2.45) is 0 Å². The molecule has 2 rings (SSSR count). The summed E-state index contributed by atoms with van der Waals surface area (Å²) in [7, 11) is 0. The molecule has 1 aliphatic heterocycles. The molecule has 19 heavy (non-hydrogen) atoms. The van der Waals surface area contributed by atoms with Gasteiger partial charge in [0.25, 0.3) is 0 Å². The van der Waals surface area contributed by atoms with Crippen LogP contribution in [0.1, 0.15) is 46.0 Å². The van der Waals surface area contributed by atoms with Gasteiger partial charge in [0.2, 0.25) is 0 Å². The van der Waals surface area contributed by atoms with E-state index < -0.39 is 0 Å². The van der Waals surface area contributed by atoms with E-state index in [0.29, 0.717) is 0 Å². The van der Waals surface area contributed by atoms with Crippen LogP contribution >= 0.6 is 12.2 Å². The Bertz CT molecular complexity index is 421. The highest BCUT2D eigenvalue weighted by Gasteiger charge is 2.39. The lowest BCUT2D eigenvalue weighted by molar-refractivity contribution is 0.281. The van der Waals surface area contributed by atoms with E-state index in [1.165, 1.54) is 12.8 Å². The fraction of sp³-hybridized carbons (Fsp3) is 0.533. The average Bonchev–Trinajstić information content (AvgIpc) is 2.75. The summed E-state index contributed by atoms with van der Waals surface area (Å²) in [5.74, 6) is 0. The van der Waals surface area contributed by atoms with Crippen LogP contribution in [0.5, 0.6) is 0 Å². The van der Waals surface area contributed by atoms with E-state index in [9.17, 15) is 0 Å². The van der Waals surface area contributed by atoms with Crippen LogP contribution in [0.3, 0.4) is 0 Å². The molecule has 1 saturated heterocycles. The van der Waals surface area contributed by atoms with Crippen LogP contribution in [-0.2, 0) is 0 Å². The first-order valence-electron chi connectivity index (χ1n) is 7.16. The number of rotatable bonds is 6. The Hall–Kier alpha value is -1.13. The van der Waals surface area contributed by atoms with Gasteiger partial charge in [-0.05, 0) is 43.6 Å². The van der Waals surface area contributed by atoms with Crippen molar-refractivity contribution in [3.05, 3.63) is 30.3 Å². The minimum Gasteiger partial charge on any atom is -0.342 e. The van der Waals surface area contributed by atoms with Crippen molar-refractivity contribution < 1.29 is 0 Å². The van der Waals surface area contributed by atoms with E-state index >= 15 is 0 Å². The molecule has 0 aromatic heterocycles. The van der Waals surface area contributed by atoms with Crippen LogP contribution in [0.15, 0.2) is 30.3 Å². The summed E-state index contributed by atoms with van der Waals surface area (Å²) in [5.41, 5.74) is 4.61.